The number of benzene rings is 2. The van der Waals surface area contributed by atoms with Gasteiger partial charge in [-0.05, 0) is 48.2 Å². The van der Waals surface area contributed by atoms with Crippen LogP contribution in [-0.4, -0.2) is 35.4 Å². The lowest BCUT2D eigenvalue weighted by atomic mass is 10.0. The molecule has 0 bridgehead atoms. The number of rotatable bonds is 22. The minimum atomic E-state index is -0.323. The second-order valence-corrected chi connectivity index (χ2v) is 10.3. The van der Waals surface area contributed by atoms with Gasteiger partial charge in [0.15, 0.2) is 13.6 Å². The molecule has 0 spiro atoms. The van der Waals surface area contributed by atoms with E-state index >= 15 is 0 Å². The van der Waals surface area contributed by atoms with Crippen molar-refractivity contribution in [2.75, 3.05) is 13.6 Å². The normalized spacial score (nSPS) is 10.5. The minimum absolute atomic E-state index is 0.302. The largest absolute Gasteiger partial charge is 0.468 e. The van der Waals surface area contributed by atoms with E-state index in [9.17, 15) is 9.59 Å². The summed E-state index contributed by atoms with van der Waals surface area (Å²) in [6.45, 7) is 3.77. The van der Waals surface area contributed by atoms with Gasteiger partial charge in [-0.25, -0.2) is 0 Å². The van der Waals surface area contributed by atoms with Crippen molar-refractivity contribution in [1.29, 1.82) is 0 Å². The third kappa shape index (κ3) is 18.6. The molecular formula is C34H52O6. The standard InChI is InChI=1S/2C17H26O3/c2*1-2-3-4-5-6-7-8-16(19)13-15-9-11-17(12-10-15)20-14-18/h2*9-12,18H,2-8,13-14H2,1H3. The molecule has 2 aromatic carbocycles. The van der Waals surface area contributed by atoms with Crippen LogP contribution in [0, 0.1) is 0 Å². The highest BCUT2D eigenvalue weighted by atomic mass is 16.6. The summed E-state index contributed by atoms with van der Waals surface area (Å²) in [6, 6.07) is 14.6. The first-order valence-corrected chi connectivity index (χ1v) is 15.2. The molecule has 0 amide bonds. The summed E-state index contributed by atoms with van der Waals surface area (Å²) < 4.78 is 9.90. The van der Waals surface area contributed by atoms with Gasteiger partial charge in [-0.15, -0.1) is 0 Å². The third-order valence-corrected chi connectivity index (χ3v) is 6.73. The number of carbonyl (C=O) groups is 2. The van der Waals surface area contributed by atoms with Crippen molar-refractivity contribution >= 4 is 11.6 Å². The van der Waals surface area contributed by atoms with Crippen molar-refractivity contribution in [3.8, 4) is 11.5 Å². The second kappa shape index (κ2) is 24.1. The summed E-state index contributed by atoms with van der Waals surface area (Å²) in [5, 5.41) is 17.3. The smallest absolute Gasteiger partial charge is 0.186 e. The van der Waals surface area contributed by atoms with Crippen LogP contribution in [0.2, 0.25) is 0 Å². The second-order valence-electron chi connectivity index (χ2n) is 10.3. The van der Waals surface area contributed by atoms with Crippen molar-refractivity contribution in [1.82, 2.24) is 0 Å². The van der Waals surface area contributed by atoms with Crippen molar-refractivity contribution in [3.63, 3.8) is 0 Å². The first-order chi connectivity index (χ1) is 19.5. The Bertz CT molecular complexity index is 816. The zero-order valence-electron chi connectivity index (χ0n) is 24.9. The molecule has 0 unspecified atom stereocenters. The zero-order chi connectivity index (χ0) is 29.3. The van der Waals surface area contributed by atoms with E-state index in [0.717, 1.165) is 36.8 Å². The van der Waals surface area contributed by atoms with Crippen LogP contribution in [-0.2, 0) is 22.4 Å². The highest BCUT2D eigenvalue weighted by Gasteiger charge is 2.05. The van der Waals surface area contributed by atoms with Gasteiger partial charge in [-0.2, -0.15) is 0 Å². The van der Waals surface area contributed by atoms with Gasteiger partial charge in [-0.1, -0.05) is 102 Å². The first-order valence-electron chi connectivity index (χ1n) is 15.2. The Morgan fingerprint density at radius 3 is 1.18 bits per heavy atom. The lowest BCUT2D eigenvalue weighted by Gasteiger charge is -2.04. The van der Waals surface area contributed by atoms with E-state index in [-0.39, 0.29) is 13.6 Å². The SMILES string of the molecule is CCCCCCCCC(=O)Cc1ccc(OCO)cc1.CCCCCCCCC(=O)Cc1ccc(OCO)cc1. The van der Waals surface area contributed by atoms with E-state index in [1.54, 1.807) is 24.3 Å². The van der Waals surface area contributed by atoms with Crippen molar-refractivity contribution in [2.45, 2.75) is 117 Å². The van der Waals surface area contributed by atoms with Gasteiger partial charge in [0.25, 0.3) is 0 Å². The van der Waals surface area contributed by atoms with E-state index in [4.69, 9.17) is 19.7 Å². The van der Waals surface area contributed by atoms with Crippen LogP contribution in [0.25, 0.3) is 0 Å². The van der Waals surface area contributed by atoms with Gasteiger partial charge < -0.3 is 19.7 Å². The summed E-state index contributed by atoms with van der Waals surface area (Å²) in [7, 11) is 0. The lowest BCUT2D eigenvalue weighted by Crippen LogP contribution is -2.02. The average molecular weight is 557 g/mol. The number of hydrogen-bond donors (Lipinski definition) is 2. The molecule has 0 aliphatic carbocycles. The molecule has 224 valence electrons. The van der Waals surface area contributed by atoms with Gasteiger partial charge in [0.1, 0.15) is 23.1 Å². The molecule has 0 saturated carbocycles. The maximum absolute atomic E-state index is 11.8. The molecule has 6 heteroatoms. The maximum atomic E-state index is 11.8. The Hall–Kier alpha value is -2.70. The Balaban J connectivity index is 0.000000400. The highest BCUT2D eigenvalue weighted by molar-refractivity contribution is 5.81. The Morgan fingerprint density at radius 1 is 0.525 bits per heavy atom. The summed E-state index contributed by atoms with van der Waals surface area (Å²) in [5.74, 6) is 1.85. The van der Waals surface area contributed by atoms with Crippen LogP contribution >= 0.6 is 0 Å². The molecule has 0 radical (unpaired) electrons. The van der Waals surface area contributed by atoms with Crippen molar-refractivity contribution in [3.05, 3.63) is 59.7 Å². The summed E-state index contributed by atoms with van der Waals surface area (Å²) in [5.41, 5.74) is 2.01. The number of carbonyl (C=O) groups excluding carboxylic acids is 2. The quantitative estimate of drug-likeness (QED) is 0.114. The molecule has 0 aliphatic heterocycles. The van der Waals surface area contributed by atoms with Gasteiger partial charge in [0, 0.05) is 25.7 Å². The Labute approximate surface area is 242 Å². The van der Waals surface area contributed by atoms with Crippen LogP contribution in [0.4, 0.5) is 0 Å². The third-order valence-electron chi connectivity index (χ3n) is 6.73. The molecule has 2 rings (SSSR count). The van der Waals surface area contributed by atoms with Gasteiger partial charge in [0.2, 0.25) is 0 Å². The van der Waals surface area contributed by atoms with Crippen LogP contribution in [0.1, 0.15) is 115 Å². The summed E-state index contributed by atoms with van der Waals surface area (Å²) in [4.78, 5) is 23.7. The first kappa shape index (κ1) is 35.3. The van der Waals surface area contributed by atoms with E-state index < -0.39 is 0 Å². The van der Waals surface area contributed by atoms with Crippen molar-refractivity contribution in [2.24, 2.45) is 0 Å². The van der Waals surface area contributed by atoms with Crippen LogP contribution in [0.3, 0.4) is 0 Å². The topological polar surface area (TPSA) is 93.1 Å². The predicted molar refractivity (Wildman–Crippen MR) is 162 cm³/mol. The number of unbranched alkanes of at least 4 members (excludes halogenated alkanes) is 10. The molecule has 40 heavy (non-hydrogen) atoms. The number of ketones is 2. The number of ether oxygens (including phenoxy) is 2. The molecular weight excluding hydrogens is 504 g/mol. The molecule has 6 nitrogen and oxygen atoms in total. The Kier molecular flexibility index (Phi) is 21.3. The van der Waals surface area contributed by atoms with Crippen LogP contribution < -0.4 is 9.47 Å². The fraction of sp³-hybridized carbons (Fsp3) is 0.588. The lowest BCUT2D eigenvalue weighted by molar-refractivity contribution is -0.119. The predicted octanol–water partition coefficient (Wildman–Crippen LogP) is 7.75. The van der Waals surface area contributed by atoms with E-state index in [0.29, 0.717) is 48.7 Å². The highest BCUT2D eigenvalue weighted by Crippen LogP contribution is 2.15. The number of Topliss-reactive ketones (excluding diaryl/α,β-unsaturated/α-hetero) is 2. The van der Waals surface area contributed by atoms with Gasteiger partial charge >= 0.3 is 0 Å². The maximum Gasteiger partial charge on any atom is 0.186 e. The molecule has 0 fully saturated rings. The zero-order valence-corrected chi connectivity index (χ0v) is 24.9. The van der Waals surface area contributed by atoms with Gasteiger partial charge in [0.05, 0.1) is 0 Å². The molecule has 0 atom stereocenters. The number of aliphatic hydroxyl groups is 2. The average Bonchev–Trinajstić information content (AvgIpc) is 2.95. The van der Waals surface area contributed by atoms with Crippen LogP contribution in [0.15, 0.2) is 48.5 Å². The summed E-state index contributed by atoms with van der Waals surface area (Å²) in [6.07, 6.45) is 16.9. The van der Waals surface area contributed by atoms with E-state index in [1.807, 2.05) is 24.3 Å². The van der Waals surface area contributed by atoms with Crippen molar-refractivity contribution < 1.29 is 29.3 Å². The van der Waals surface area contributed by atoms with Crippen LogP contribution in [0.5, 0.6) is 11.5 Å². The number of aliphatic hydroxyl groups excluding tert-OH is 2. The minimum Gasteiger partial charge on any atom is -0.468 e. The molecule has 0 heterocycles. The Morgan fingerprint density at radius 2 is 0.850 bits per heavy atom. The van der Waals surface area contributed by atoms with E-state index in [1.165, 1.54) is 51.4 Å². The molecule has 0 aliphatic rings. The molecule has 0 saturated heterocycles. The molecule has 2 aromatic rings. The monoisotopic (exact) mass is 556 g/mol. The van der Waals surface area contributed by atoms with E-state index in [2.05, 4.69) is 13.8 Å². The van der Waals surface area contributed by atoms with Gasteiger partial charge in [-0.3, -0.25) is 9.59 Å². The molecule has 2 N–H and O–H groups in total. The fourth-order valence-electron chi connectivity index (χ4n) is 4.39. The molecule has 0 aromatic heterocycles. The number of hydrogen-bond acceptors (Lipinski definition) is 6. The summed E-state index contributed by atoms with van der Waals surface area (Å²) >= 11 is 0. The fourth-order valence-corrected chi connectivity index (χ4v) is 4.39.